The minimum absolute atomic E-state index is 0.309. The van der Waals surface area contributed by atoms with Crippen molar-refractivity contribution in [3.63, 3.8) is 0 Å². The molecule has 0 fully saturated rings. The Hall–Kier alpha value is -1.02. The zero-order valence-electron chi connectivity index (χ0n) is 10.9. The summed E-state index contributed by atoms with van der Waals surface area (Å²) in [5.74, 6) is 1.01. The second kappa shape index (κ2) is 6.24. The summed E-state index contributed by atoms with van der Waals surface area (Å²) >= 11 is 3.58. The molecule has 0 aliphatic heterocycles. The van der Waals surface area contributed by atoms with E-state index < -0.39 is 0 Å². The Kier molecular flexibility index (Phi) is 4.65. The first kappa shape index (κ1) is 13.4. The topological polar surface area (TPSA) is 9.23 Å². The first-order valence-electron chi connectivity index (χ1n) is 6.53. The first-order chi connectivity index (χ1) is 8.80. The van der Waals surface area contributed by atoms with Gasteiger partial charge in [-0.1, -0.05) is 60.1 Å². The fourth-order valence-corrected chi connectivity index (χ4v) is 2.78. The molecule has 0 heterocycles. The number of ether oxygens (including phenoxy) is 1. The molecule has 2 aromatic carbocycles. The van der Waals surface area contributed by atoms with Crippen molar-refractivity contribution in [1.82, 2.24) is 0 Å². The van der Waals surface area contributed by atoms with Crippen molar-refractivity contribution in [2.45, 2.75) is 38.1 Å². The van der Waals surface area contributed by atoms with Gasteiger partial charge < -0.3 is 4.74 Å². The van der Waals surface area contributed by atoms with Gasteiger partial charge in [-0.25, -0.2) is 0 Å². The van der Waals surface area contributed by atoms with E-state index in [2.05, 4.69) is 66.2 Å². The van der Waals surface area contributed by atoms with E-state index in [-0.39, 0.29) is 0 Å². The summed E-state index contributed by atoms with van der Waals surface area (Å²) in [5.41, 5.74) is 1.25. The molecule has 0 unspecified atom stereocenters. The molecule has 0 N–H and O–H groups in total. The monoisotopic (exact) mass is 306 g/mol. The number of hydrogen-bond acceptors (Lipinski definition) is 1. The molecule has 0 bridgehead atoms. The van der Waals surface area contributed by atoms with Crippen LogP contribution in [0.25, 0.3) is 10.8 Å². The highest BCUT2D eigenvalue weighted by molar-refractivity contribution is 9.08. The normalized spacial score (nSPS) is 11.1. The maximum Gasteiger partial charge on any atom is 0.124 e. The average molecular weight is 307 g/mol. The minimum Gasteiger partial charge on any atom is -0.490 e. The molecule has 2 heteroatoms. The first-order valence-corrected chi connectivity index (χ1v) is 7.65. The van der Waals surface area contributed by atoms with E-state index in [1.807, 2.05) is 0 Å². The third-order valence-corrected chi connectivity index (χ3v) is 3.90. The highest BCUT2D eigenvalue weighted by atomic mass is 79.9. The fraction of sp³-hybridized carbons (Fsp3) is 0.375. The molecule has 0 saturated carbocycles. The van der Waals surface area contributed by atoms with Crippen molar-refractivity contribution in [2.75, 3.05) is 0 Å². The summed E-state index contributed by atoms with van der Waals surface area (Å²) in [5, 5.41) is 3.37. The third-order valence-electron chi connectivity index (χ3n) is 3.34. The molecule has 1 nitrogen and oxygen atoms in total. The molecule has 0 aliphatic carbocycles. The molecule has 2 rings (SSSR count). The molecule has 0 atom stereocenters. The number of rotatable bonds is 5. The lowest BCUT2D eigenvalue weighted by Crippen LogP contribution is -2.14. The van der Waals surface area contributed by atoms with Crippen molar-refractivity contribution in [2.24, 2.45) is 0 Å². The van der Waals surface area contributed by atoms with E-state index in [1.165, 1.54) is 16.3 Å². The van der Waals surface area contributed by atoms with Crippen molar-refractivity contribution in [1.29, 1.82) is 0 Å². The van der Waals surface area contributed by atoms with Gasteiger partial charge in [-0.15, -0.1) is 0 Å². The van der Waals surface area contributed by atoms with Crippen LogP contribution in [0.15, 0.2) is 36.4 Å². The standard InChI is InChI=1S/C16H19BrO/c1-3-13(4-2)18-16-10-9-12-7-5-6-8-14(12)15(16)11-17/h5-10,13H,3-4,11H2,1-2H3. The molecular formula is C16H19BrO. The van der Waals surface area contributed by atoms with Crippen molar-refractivity contribution in [3.8, 4) is 5.75 Å². The van der Waals surface area contributed by atoms with E-state index in [0.717, 1.165) is 23.9 Å². The third kappa shape index (κ3) is 2.69. The maximum atomic E-state index is 6.11. The summed E-state index contributed by atoms with van der Waals surface area (Å²) in [6, 6.07) is 12.7. The van der Waals surface area contributed by atoms with Gasteiger partial charge in [0.05, 0.1) is 6.10 Å². The molecule has 0 aromatic heterocycles. The zero-order valence-corrected chi connectivity index (χ0v) is 12.5. The molecule has 96 valence electrons. The summed E-state index contributed by atoms with van der Waals surface area (Å²) in [6.07, 6.45) is 2.40. The number of benzene rings is 2. The average Bonchev–Trinajstić information content (AvgIpc) is 2.44. The molecule has 18 heavy (non-hydrogen) atoms. The fourth-order valence-electron chi connectivity index (χ4n) is 2.20. The molecule has 2 aromatic rings. The zero-order chi connectivity index (χ0) is 13.0. The van der Waals surface area contributed by atoms with E-state index in [9.17, 15) is 0 Å². The van der Waals surface area contributed by atoms with Gasteiger partial charge in [-0.2, -0.15) is 0 Å². The van der Waals surface area contributed by atoms with Crippen LogP contribution in [-0.4, -0.2) is 6.10 Å². The highest BCUT2D eigenvalue weighted by Crippen LogP contribution is 2.31. The van der Waals surface area contributed by atoms with Gasteiger partial charge in [0, 0.05) is 10.9 Å². The van der Waals surface area contributed by atoms with Crippen LogP contribution in [-0.2, 0) is 5.33 Å². The minimum atomic E-state index is 0.309. The highest BCUT2D eigenvalue weighted by Gasteiger charge is 2.11. The van der Waals surface area contributed by atoms with Gasteiger partial charge >= 0.3 is 0 Å². The number of halogens is 1. The molecule has 0 amide bonds. The largest absolute Gasteiger partial charge is 0.490 e. The Morgan fingerprint density at radius 1 is 1.06 bits per heavy atom. The lowest BCUT2D eigenvalue weighted by atomic mass is 10.0. The van der Waals surface area contributed by atoms with E-state index >= 15 is 0 Å². The van der Waals surface area contributed by atoms with Crippen LogP contribution in [0.5, 0.6) is 5.75 Å². The summed E-state index contributed by atoms with van der Waals surface area (Å²) in [7, 11) is 0. The Morgan fingerprint density at radius 2 is 1.78 bits per heavy atom. The Bertz CT molecular complexity index is 517. The van der Waals surface area contributed by atoms with Crippen LogP contribution in [0.4, 0.5) is 0 Å². The van der Waals surface area contributed by atoms with Crippen LogP contribution in [0.3, 0.4) is 0 Å². The predicted octanol–water partition coefficient (Wildman–Crippen LogP) is 5.30. The lowest BCUT2D eigenvalue weighted by Gasteiger charge is -2.19. The van der Waals surface area contributed by atoms with Crippen molar-refractivity contribution in [3.05, 3.63) is 42.0 Å². The quantitative estimate of drug-likeness (QED) is 0.681. The SMILES string of the molecule is CCC(CC)Oc1ccc2ccccc2c1CBr. The molecular weight excluding hydrogens is 288 g/mol. The number of hydrogen-bond donors (Lipinski definition) is 0. The summed E-state index contributed by atoms with van der Waals surface area (Å²) in [6.45, 7) is 4.34. The van der Waals surface area contributed by atoms with Crippen LogP contribution in [0.2, 0.25) is 0 Å². The molecule has 0 spiro atoms. The van der Waals surface area contributed by atoms with Gasteiger partial charge in [-0.3, -0.25) is 0 Å². The Balaban J connectivity index is 2.44. The van der Waals surface area contributed by atoms with Gasteiger partial charge in [0.15, 0.2) is 0 Å². The lowest BCUT2D eigenvalue weighted by molar-refractivity contribution is 0.192. The van der Waals surface area contributed by atoms with Crippen LogP contribution in [0, 0.1) is 0 Å². The van der Waals surface area contributed by atoms with Crippen LogP contribution >= 0.6 is 15.9 Å². The van der Waals surface area contributed by atoms with E-state index in [0.29, 0.717) is 6.10 Å². The summed E-state index contributed by atoms with van der Waals surface area (Å²) in [4.78, 5) is 0. The van der Waals surface area contributed by atoms with E-state index in [4.69, 9.17) is 4.74 Å². The van der Waals surface area contributed by atoms with E-state index in [1.54, 1.807) is 0 Å². The summed E-state index contributed by atoms with van der Waals surface area (Å²) < 4.78 is 6.11. The molecule has 0 aliphatic rings. The van der Waals surface area contributed by atoms with Crippen LogP contribution in [0.1, 0.15) is 32.3 Å². The smallest absolute Gasteiger partial charge is 0.124 e. The van der Waals surface area contributed by atoms with Gasteiger partial charge in [0.1, 0.15) is 5.75 Å². The van der Waals surface area contributed by atoms with Crippen molar-refractivity contribution < 1.29 is 4.74 Å². The van der Waals surface area contributed by atoms with Crippen molar-refractivity contribution >= 4 is 26.7 Å². The number of fused-ring (bicyclic) bond motifs is 1. The predicted molar refractivity (Wildman–Crippen MR) is 81.6 cm³/mol. The second-order valence-electron chi connectivity index (χ2n) is 4.45. The van der Waals surface area contributed by atoms with Crippen LogP contribution < -0.4 is 4.74 Å². The molecule has 0 saturated heterocycles. The second-order valence-corrected chi connectivity index (χ2v) is 5.01. The van der Waals surface area contributed by atoms with Gasteiger partial charge in [0.2, 0.25) is 0 Å². The van der Waals surface area contributed by atoms with Gasteiger partial charge in [0.25, 0.3) is 0 Å². The Labute approximate surface area is 117 Å². The maximum absolute atomic E-state index is 6.11. The van der Waals surface area contributed by atoms with Gasteiger partial charge in [-0.05, 0) is 29.7 Å². The molecule has 0 radical (unpaired) electrons. The Morgan fingerprint density at radius 3 is 2.44 bits per heavy atom. The number of alkyl halides is 1.